The maximum Gasteiger partial charge on any atom is 0.321 e. The minimum atomic E-state index is -1.00. The van der Waals surface area contributed by atoms with Crippen molar-refractivity contribution in [3.63, 3.8) is 0 Å². The number of carboxylic acids is 1. The highest BCUT2D eigenvalue weighted by Gasteiger charge is 2.51. The fourth-order valence-corrected chi connectivity index (χ4v) is 5.30. The minimum absolute atomic E-state index is 0.144. The third-order valence-corrected chi connectivity index (χ3v) is 6.08. The summed E-state index contributed by atoms with van der Waals surface area (Å²) in [5, 5.41) is 14.3. The first-order valence-corrected chi connectivity index (χ1v) is 8.81. The lowest BCUT2D eigenvalue weighted by molar-refractivity contribution is -0.139. The molecule has 3 N–H and O–H groups in total. The van der Waals surface area contributed by atoms with Gasteiger partial charge in [0.1, 0.15) is 0 Å². The molecule has 4 fully saturated rings. The largest absolute Gasteiger partial charge is 0.480 e. The van der Waals surface area contributed by atoms with Crippen molar-refractivity contribution in [1.29, 1.82) is 0 Å². The topological polar surface area (TPSA) is 98.7 Å². The number of likely N-dealkylation sites (N-methyl/N-ethyl adjacent to an activating group) is 1. The number of imide groups is 1. The third-order valence-electron chi connectivity index (χ3n) is 6.08. The Morgan fingerprint density at radius 1 is 1.12 bits per heavy atom. The molecule has 134 valence electrons. The van der Waals surface area contributed by atoms with E-state index in [2.05, 4.69) is 10.6 Å². The fourth-order valence-electron chi connectivity index (χ4n) is 5.30. The summed E-state index contributed by atoms with van der Waals surface area (Å²) in [7, 11) is 1.55. The van der Waals surface area contributed by atoms with E-state index in [0.717, 1.165) is 19.3 Å². The van der Waals surface area contributed by atoms with Crippen molar-refractivity contribution in [3.8, 4) is 0 Å². The summed E-state index contributed by atoms with van der Waals surface area (Å²) >= 11 is 0. The first kappa shape index (κ1) is 17.2. The predicted molar refractivity (Wildman–Crippen MR) is 87.3 cm³/mol. The molecular weight excluding hydrogens is 310 g/mol. The van der Waals surface area contributed by atoms with Crippen molar-refractivity contribution >= 4 is 17.9 Å². The van der Waals surface area contributed by atoms with Crippen LogP contribution in [0.4, 0.5) is 4.79 Å². The maximum atomic E-state index is 12.3. The lowest BCUT2D eigenvalue weighted by atomic mass is 9.53. The van der Waals surface area contributed by atoms with E-state index in [9.17, 15) is 14.4 Å². The molecule has 4 aliphatic carbocycles. The molecule has 0 radical (unpaired) electrons. The van der Waals surface area contributed by atoms with Gasteiger partial charge in [-0.15, -0.1) is 0 Å². The van der Waals surface area contributed by atoms with Crippen molar-refractivity contribution in [2.45, 2.75) is 57.0 Å². The van der Waals surface area contributed by atoms with Gasteiger partial charge in [-0.3, -0.25) is 19.8 Å². The Morgan fingerprint density at radius 2 is 1.62 bits per heavy atom. The Morgan fingerprint density at radius 3 is 2.08 bits per heavy atom. The van der Waals surface area contributed by atoms with E-state index < -0.39 is 23.9 Å². The fraction of sp³-hybridized carbons (Fsp3) is 0.824. The molecule has 0 aromatic carbocycles. The number of carbonyl (C=O) groups is 3. The lowest BCUT2D eigenvalue weighted by Gasteiger charge is -2.56. The predicted octanol–water partition coefficient (Wildman–Crippen LogP) is 1.19. The molecule has 0 saturated heterocycles. The smallest absolute Gasteiger partial charge is 0.321 e. The van der Waals surface area contributed by atoms with E-state index in [1.165, 1.54) is 24.2 Å². The number of nitrogens with one attached hydrogen (secondary N) is 2. The number of hydrogen-bond acceptors (Lipinski definition) is 4. The molecule has 3 amide bonds. The van der Waals surface area contributed by atoms with Gasteiger partial charge in [0, 0.05) is 5.54 Å². The summed E-state index contributed by atoms with van der Waals surface area (Å²) in [5.41, 5.74) is -0.144. The quantitative estimate of drug-likeness (QED) is 0.700. The van der Waals surface area contributed by atoms with Crippen LogP contribution in [-0.2, 0) is 9.59 Å². The molecule has 1 unspecified atom stereocenters. The number of urea groups is 1. The van der Waals surface area contributed by atoms with Crippen LogP contribution in [0.1, 0.15) is 45.4 Å². The minimum Gasteiger partial charge on any atom is -0.480 e. The molecule has 4 bridgehead atoms. The van der Waals surface area contributed by atoms with Crippen LogP contribution in [0.5, 0.6) is 0 Å². The highest BCUT2D eigenvalue weighted by molar-refractivity contribution is 5.97. The number of carbonyl (C=O) groups excluding carboxylic acids is 2. The molecule has 0 aliphatic heterocycles. The molecule has 1 atom stereocenters. The van der Waals surface area contributed by atoms with Gasteiger partial charge in [0.2, 0.25) is 5.91 Å². The molecule has 4 aliphatic rings. The second kappa shape index (κ2) is 6.35. The van der Waals surface area contributed by atoms with Gasteiger partial charge in [-0.25, -0.2) is 4.79 Å². The lowest BCUT2D eigenvalue weighted by Crippen LogP contribution is -2.62. The van der Waals surface area contributed by atoms with E-state index in [4.69, 9.17) is 5.11 Å². The van der Waals surface area contributed by atoms with Crippen LogP contribution >= 0.6 is 0 Å². The Bertz CT molecular complexity index is 513. The van der Waals surface area contributed by atoms with Crippen molar-refractivity contribution in [1.82, 2.24) is 15.5 Å². The third kappa shape index (κ3) is 3.55. The normalized spacial score (nSPS) is 34.9. The van der Waals surface area contributed by atoms with E-state index in [1.54, 1.807) is 14.0 Å². The zero-order valence-electron chi connectivity index (χ0n) is 14.4. The molecule has 0 spiro atoms. The van der Waals surface area contributed by atoms with Gasteiger partial charge in [0.05, 0.1) is 12.6 Å². The van der Waals surface area contributed by atoms with Crippen LogP contribution in [-0.4, -0.2) is 53.1 Å². The monoisotopic (exact) mass is 337 g/mol. The molecule has 0 aromatic heterocycles. The standard InChI is InChI=1S/C17H27N3O4/c1-10(20(2)9-14(21)22)15(23)18-16(24)19-17-6-11-3-12(7-17)5-13(4-11)8-17/h10-13H,3-9H2,1-2H3,(H,21,22)(H2,18,19,23,24). The second-order valence-electron chi connectivity index (χ2n) is 8.13. The number of nitrogens with zero attached hydrogens (tertiary/aromatic N) is 1. The zero-order chi connectivity index (χ0) is 17.5. The van der Waals surface area contributed by atoms with Gasteiger partial charge < -0.3 is 10.4 Å². The Balaban J connectivity index is 1.54. The van der Waals surface area contributed by atoms with Crippen LogP contribution in [0.25, 0.3) is 0 Å². The zero-order valence-corrected chi connectivity index (χ0v) is 14.4. The Hall–Kier alpha value is -1.63. The number of aliphatic carboxylic acids is 1. The van der Waals surface area contributed by atoms with Gasteiger partial charge in [-0.05, 0) is 70.3 Å². The Labute approximate surface area is 142 Å². The van der Waals surface area contributed by atoms with Crippen molar-refractivity contribution in [2.75, 3.05) is 13.6 Å². The molecule has 4 saturated carbocycles. The van der Waals surface area contributed by atoms with Crippen LogP contribution in [0.15, 0.2) is 0 Å². The molecule has 7 heteroatoms. The van der Waals surface area contributed by atoms with E-state index in [0.29, 0.717) is 17.8 Å². The average Bonchev–Trinajstić information content (AvgIpc) is 2.43. The number of rotatable bonds is 5. The van der Waals surface area contributed by atoms with E-state index >= 15 is 0 Å². The highest BCUT2D eigenvalue weighted by Crippen LogP contribution is 2.55. The number of amides is 3. The average molecular weight is 337 g/mol. The van der Waals surface area contributed by atoms with Crippen molar-refractivity contribution < 1.29 is 19.5 Å². The van der Waals surface area contributed by atoms with E-state index in [-0.39, 0.29) is 12.1 Å². The van der Waals surface area contributed by atoms with E-state index in [1.807, 2.05) is 0 Å². The van der Waals surface area contributed by atoms with Gasteiger partial charge in [0.15, 0.2) is 0 Å². The summed E-state index contributed by atoms with van der Waals surface area (Å²) in [5.74, 6) is 0.671. The number of carboxylic acid groups (broad SMARTS) is 1. The molecule has 0 heterocycles. The molecule has 24 heavy (non-hydrogen) atoms. The molecule has 0 aromatic rings. The van der Waals surface area contributed by atoms with Gasteiger partial charge in [0.25, 0.3) is 0 Å². The Kier molecular flexibility index (Phi) is 4.55. The number of hydrogen-bond donors (Lipinski definition) is 3. The first-order valence-electron chi connectivity index (χ1n) is 8.81. The van der Waals surface area contributed by atoms with Crippen LogP contribution in [0.2, 0.25) is 0 Å². The highest BCUT2D eigenvalue weighted by atomic mass is 16.4. The first-order chi connectivity index (χ1) is 11.3. The van der Waals surface area contributed by atoms with Crippen LogP contribution < -0.4 is 10.6 Å². The summed E-state index contributed by atoms with van der Waals surface area (Å²) in [6.07, 6.45) is 6.94. The SMILES string of the molecule is CC(C(=O)NC(=O)NC12CC3CC(CC(C3)C1)C2)N(C)CC(=O)O. The van der Waals surface area contributed by atoms with Gasteiger partial charge >= 0.3 is 12.0 Å². The van der Waals surface area contributed by atoms with Crippen LogP contribution in [0.3, 0.4) is 0 Å². The molecule has 7 nitrogen and oxygen atoms in total. The van der Waals surface area contributed by atoms with Crippen molar-refractivity contribution in [2.24, 2.45) is 17.8 Å². The molecular formula is C17H27N3O4. The second-order valence-corrected chi connectivity index (χ2v) is 8.13. The summed E-state index contributed by atoms with van der Waals surface area (Å²) in [6.45, 7) is 1.35. The summed E-state index contributed by atoms with van der Waals surface area (Å²) in [4.78, 5) is 36.6. The maximum absolute atomic E-state index is 12.3. The van der Waals surface area contributed by atoms with Gasteiger partial charge in [-0.2, -0.15) is 0 Å². The van der Waals surface area contributed by atoms with Crippen LogP contribution in [0, 0.1) is 17.8 Å². The summed E-state index contributed by atoms with van der Waals surface area (Å²) < 4.78 is 0. The molecule has 4 rings (SSSR count). The summed E-state index contributed by atoms with van der Waals surface area (Å²) in [6, 6.07) is -1.12. The van der Waals surface area contributed by atoms with Crippen molar-refractivity contribution in [3.05, 3.63) is 0 Å². The van der Waals surface area contributed by atoms with Gasteiger partial charge in [-0.1, -0.05) is 0 Å².